The van der Waals surface area contributed by atoms with Crippen LogP contribution in [0.25, 0.3) is 0 Å². The van der Waals surface area contributed by atoms with Crippen molar-refractivity contribution in [1.29, 1.82) is 0 Å². The van der Waals surface area contributed by atoms with Crippen LogP contribution in [0.1, 0.15) is 30.9 Å². The summed E-state index contributed by atoms with van der Waals surface area (Å²) < 4.78 is 0. The van der Waals surface area contributed by atoms with E-state index in [2.05, 4.69) is 29.7 Å². The molecule has 0 unspecified atom stereocenters. The number of nitrogens with one attached hydrogen (secondary N) is 2. The van der Waals surface area contributed by atoms with Gasteiger partial charge in [-0.1, -0.05) is 31.5 Å². The molecule has 0 saturated carbocycles. The predicted molar refractivity (Wildman–Crippen MR) is 103 cm³/mol. The van der Waals surface area contributed by atoms with Crippen molar-refractivity contribution in [1.82, 2.24) is 0 Å². The molecule has 24 heavy (non-hydrogen) atoms. The molecule has 5 nitrogen and oxygen atoms in total. The zero-order valence-corrected chi connectivity index (χ0v) is 14.7. The molecular weight excluding hydrogens is 322 g/mol. The molecule has 0 heterocycles. The Hall–Kier alpha value is -2.47. The fraction of sp³-hybridized carbons (Fsp3) is 0.278. The van der Waals surface area contributed by atoms with Crippen molar-refractivity contribution in [3.63, 3.8) is 0 Å². The first-order valence-electron chi connectivity index (χ1n) is 7.91. The van der Waals surface area contributed by atoms with E-state index in [1.807, 2.05) is 12.1 Å². The number of aryl methyl sites for hydroxylation is 2. The van der Waals surface area contributed by atoms with Gasteiger partial charge in [-0.05, 0) is 55.7 Å². The average Bonchev–Trinajstić information content (AvgIpc) is 2.55. The smallest absolute Gasteiger partial charge is 0.274 e. The average molecular weight is 343 g/mol. The molecule has 0 aromatic heterocycles. The largest absolute Gasteiger partial charge is 0.332 e. The normalized spacial score (nSPS) is 10.2. The standard InChI is InChI=1S/C18H21N3O2S/c1-3-4-5-14-7-10-15(11-8-14)19-18(24)20-16-9-6-13(2)17(12-16)21(22)23/h6-12H,3-5H2,1-2H3,(H2,19,20,24). The highest BCUT2D eigenvalue weighted by molar-refractivity contribution is 7.80. The van der Waals surface area contributed by atoms with Crippen LogP contribution in [0.3, 0.4) is 0 Å². The molecule has 0 saturated heterocycles. The van der Waals surface area contributed by atoms with Gasteiger partial charge in [-0.2, -0.15) is 0 Å². The monoisotopic (exact) mass is 343 g/mol. The zero-order valence-electron chi connectivity index (χ0n) is 13.8. The number of nitrogens with zero attached hydrogens (tertiary/aromatic N) is 1. The van der Waals surface area contributed by atoms with Gasteiger partial charge in [0.25, 0.3) is 5.69 Å². The molecule has 0 fully saturated rings. The molecule has 2 N–H and O–H groups in total. The second-order valence-electron chi connectivity index (χ2n) is 5.64. The van der Waals surface area contributed by atoms with Crippen molar-refractivity contribution in [2.75, 3.05) is 10.6 Å². The summed E-state index contributed by atoms with van der Waals surface area (Å²) in [6.07, 6.45) is 3.43. The SMILES string of the molecule is CCCCc1ccc(NC(=S)Nc2ccc(C)c([N+](=O)[O-])c2)cc1. The first kappa shape index (κ1) is 17.9. The van der Waals surface area contributed by atoms with Crippen LogP contribution >= 0.6 is 12.2 Å². The number of thiocarbonyl (C=S) groups is 1. The van der Waals surface area contributed by atoms with Crippen LogP contribution in [-0.2, 0) is 6.42 Å². The third-order valence-electron chi connectivity index (χ3n) is 3.69. The number of nitro benzene ring substituents is 1. The molecule has 126 valence electrons. The Kier molecular flexibility index (Phi) is 6.26. The van der Waals surface area contributed by atoms with Gasteiger partial charge in [0, 0.05) is 23.0 Å². The third-order valence-corrected chi connectivity index (χ3v) is 3.90. The maximum absolute atomic E-state index is 11.0. The van der Waals surface area contributed by atoms with E-state index in [0.29, 0.717) is 16.4 Å². The van der Waals surface area contributed by atoms with Crippen molar-refractivity contribution in [3.05, 3.63) is 63.7 Å². The lowest BCUT2D eigenvalue weighted by Gasteiger charge is -2.11. The maximum Gasteiger partial charge on any atom is 0.274 e. The molecule has 0 aliphatic carbocycles. The summed E-state index contributed by atoms with van der Waals surface area (Å²) >= 11 is 5.27. The first-order chi connectivity index (χ1) is 11.5. The molecule has 0 radical (unpaired) electrons. The van der Waals surface area contributed by atoms with Crippen molar-refractivity contribution in [3.8, 4) is 0 Å². The van der Waals surface area contributed by atoms with E-state index < -0.39 is 4.92 Å². The van der Waals surface area contributed by atoms with Crippen LogP contribution in [0.5, 0.6) is 0 Å². The highest BCUT2D eigenvalue weighted by atomic mass is 32.1. The maximum atomic E-state index is 11.0. The van der Waals surface area contributed by atoms with E-state index in [9.17, 15) is 10.1 Å². The van der Waals surface area contributed by atoms with Gasteiger partial charge in [-0.25, -0.2) is 0 Å². The molecule has 2 aromatic carbocycles. The van der Waals surface area contributed by atoms with Crippen LogP contribution in [0.4, 0.5) is 17.1 Å². The van der Waals surface area contributed by atoms with Crippen molar-refractivity contribution in [2.45, 2.75) is 33.1 Å². The topological polar surface area (TPSA) is 67.2 Å². The fourth-order valence-electron chi connectivity index (χ4n) is 2.31. The Morgan fingerprint density at radius 3 is 2.38 bits per heavy atom. The van der Waals surface area contributed by atoms with E-state index in [0.717, 1.165) is 12.1 Å². The van der Waals surface area contributed by atoms with E-state index >= 15 is 0 Å². The summed E-state index contributed by atoms with van der Waals surface area (Å²) in [5.74, 6) is 0. The second-order valence-corrected chi connectivity index (χ2v) is 6.05. The second kappa shape index (κ2) is 8.40. The highest BCUT2D eigenvalue weighted by Gasteiger charge is 2.11. The molecular formula is C18H21N3O2S. The lowest BCUT2D eigenvalue weighted by atomic mass is 10.1. The van der Waals surface area contributed by atoms with Crippen LogP contribution in [0.15, 0.2) is 42.5 Å². The van der Waals surface area contributed by atoms with Gasteiger partial charge in [0.2, 0.25) is 0 Å². The van der Waals surface area contributed by atoms with E-state index in [1.165, 1.54) is 24.5 Å². The molecule has 0 bridgehead atoms. The zero-order chi connectivity index (χ0) is 17.5. The van der Waals surface area contributed by atoms with Crippen LogP contribution in [0.2, 0.25) is 0 Å². The predicted octanol–water partition coefficient (Wildman–Crippen LogP) is 5.05. The number of unbranched alkanes of at least 4 members (excludes halogenated alkanes) is 1. The van der Waals surface area contributed by atoms with Gasteiger partial charge in [-0.15, -0.1) is 0 Å². The third kappa shape index (κ3) is 5.03. The number of hydrogen-bond donors (Lipinski definition) is 2. The molecule has 0 amide bonds. The van der Waals surface area contributed by atoms with Gasteiger partial charge in [0.15, 0.2) is 5.11 Å². The van der Waals surface area contributed by atoms with Gasteiger partial charge in [0.05, 0.1) is 4.92 Å². The van der Waals surface area contributed by atoms with Crippen molar-refractivity contribution >= 4 is 34.4 Å². The molecule has 0 aliphatic rings. The number of rotatable bonds is 6. The van der Waals surface area contributed by atoms with Gasteiger partial charge < -0.3 is 10.6 Å². The highest BCUT2D eigenvalue weighted by Crippen LogP contribution is 2.22. The molecule has 6 heteroatoms. The molecule has 0 aliphatic heterocycles. The van der Waals surface area contributed by atoms with E-state index in [4.69, 9.17) is 12.2 Å². The molecule has 0 atom stereocenters. The number of benzene rings is 2. The quantitative estimate of drug-likeness (QED) is 0.436. The Labute approximate surface area is 147 Å². The summed E-state index contributed by atoms with van der Waals surface area (Å²) in [6.45, 7) is 3.88. The number of anilines is 2. The van der Waals surface area contributed by atoms with E-state index in [1.54, 1.807) is 19.1 Å². The lowest BCUT2D eigenvalue weighted by molar-refractivity contribution is -0.385. The Balaban J connectivity index is 1.98. The Bertz CT molecular complexity index is 730. The Morgan fingerprint density at radius 2 is 1.75 bits per heavy atom. The number of nitro groups is 1. The minimum absolute atomic E-state index is 0.0723. The van der Waals surface area contributed by atoms with Crippen LogP contribution in [0, 0.1) is 17.0 Å². The first-order valence-corrected chi connectivity index (χ1v) is 8.32. The minimum Gasteiger partial charge on any atom is -0.332 e. The summed E-state index contributed by atoms with van der Waals surface area (Å²) in [6, 6.07) is 13.1. The lowest BCUT2D eigenvalue weighted by Crippen LogP contribution is -2.19. The van der Waals surface area contributed by atoms with Crippen LogP contribution < -0.4 is 10.6 Å². The van der Waals surface area contributed by atoms with Gasteiger partial charge >= 0.3 is 0 Å². The van der Waals surface area contributed by atoms with E-state index in [-0.39, 0.29) is 5.69 Å². The van der Waals surface area contributed by atoms with Gasteiger partial charge in [-0.3, -0.25) is 10.1 Å². The summed E-state index contributed by atoms with van der Waals surface area (Å²) in [5, 5.41) is 17.4. The van der Waals surface area contributed by atoms with Crippen LogP contribution in [-0.4, -0.2) is 10.0 Å². The van der Waals surface area contributed by atoms with Gasteiger partial charge in [0.1, 0.15) is 0 Å². The van der Waals surface area contributed by atoms with Crippen molar-refractivity contribution < 1.29 is 4.92 Å². The summed E-state index contributed by atoms with van der Waals surface area (Å²) in [4.78, 5) is 10.6. The number of hydrogen-bond acceptors (Lipinski definition) is 3. The molecule has 2 rings (SSSR count). The van der Waals surface area contributed by atoms with Crippen molar-refractivity contribution in [2.24, 2.45) is 0 Å². The molecule has 2 aromatic rings. The minimum atomic E-state index is -0.397. The summed E-state index contributed by atoms with van der Waals surface area (Å²) in [7, 11) is 0. The fourth-order valence-corrected chi connectivity index (χ4v) is 2.55. The summed E-state index contributed by atoms with van der Waals surface area (Å²) in [5.41, 5.74) is 3.46. The molecule has 0 spiro atoms. The Morgan fingerprint density at radius 1 is 1.12 bits per heavy atom.